The smallest absolute Gasteiger partial charge is 0.337 e. The Kier molecular flexibility index (Phi) is 6.98. The minimum absolute atomic E-state index is 0.375. The standard InChI is InChI=1S/C27H23N7O4/c1-37-26(35)20-10-6-18(7-11-20)14-33-16-24(29-31-33)22-4-3-5-23(28-22)25-17-34(32-30-25)15-19-8-12-21(13-9-19)27(36)38-2/h3-13,16-17H,14-15H2,1-2H3. The van der Waals surface area contributed by atoms with E-state index >= 15 is 0 Å². The van der Waals surface area contributed by atoms with Gasteiger partial charge in [-0.1, -0.05) is 40.8 Å². The lowest BCUT2D eigenvalue weighted by Gasteiger charge is -2.03. The molecule has 11 nitrogen and oxygen atoms in total. The van der Waals surface area contributed by atoms with E-state index < -0.39 is 0 Å². The van der Waals surface area contributed by atoms with Crippen LogP contribution in [0.25, 0.3) is 22.8 Å². The van der Waals surface area contributed by atoms with Crippen LogP contribution in [0.3, 0.4) is 0 Å². The van der Waals surface area contributed by atoms with Gasteiger partial charge in [0.15, 0.2) is 0 Å². The van der Waals surface area contributed by atoms with Crippen molar-refractivity contribution in [2.24, 2.45) is 0 Å². The lowest BCUT2D eigenvalue weighted by atomic mass is 10.1. The number of hydrogen-bond acceptors (Lipinski definition) is 9. The molecule has 190 valence electrons. The van der Waals surface area contributed by atoms with Gasteiger partial charge in [-0.15, -0.1) is 10.2 Å². The zero-order valence-corrected chi connectivity index (χ0v) is 20.7. The average Bonchev–Trinajstić information content (AvgIpc) is 3.63. The highest BCUT2D eigenvalue weighted by atomic mass is 16.5. The highest BCUT2D eigenvalue weighted by Crippen LogP contribution is 2.20. The molecule has 0 N–H and O–H groups in total. The third-order valence-electron chi connectivity index (χ3n) is 5.79. The predicted molar refractivity (Wildman–Crippen MR) is 136 cm³/mol. The predicted octanol–water partition coefficient (Wildman–Crippen LogP) is 3.27. The molecule has 0 atom stereocenters. The molecule has 0 amide bonds. The van der Waals surface area contributed by atoms with Crippen LogP contribution in [0.5, 0.6) is 0 Å². The van der Waals surface area contributed by atoms with E-state index in [4.69, 9.17) is 14.5 Å². The fraction of sp³-hybridized carbons (Fsp3) is 0.148. The van der Waals surface area contributed by atoms with Gasteiger partial charge >= 0.3 is 11.9 Å². The monoisotopic (exact) mass is 509 g/mol. The first-order valence-electron chi connectivity index (χ1n) is 11.6. The van der Waals surface area contributed by atoms with Crippen molar-refractivity contribution in [2.45, 2.75) is 13.1 Å². The number of nitrogens with zero attached hydrogens (tertiary/aromatic N) is 7. The number of methoxy groups -OCH3 is 2. The average molecular weight is 510 g/mol. The summed E-state index contributed by atoms with van der Waals surface area (Å²) in [5, 5.41) is 17.0. The number of carbonyl (C=O) groups excluding carboxylic acids is 2. The van der Waals surface area contributed by atoms with Crippen LogP contribution in [0.15, 0.2) is 79.1 Å². The van der Waals surface area contributed by atoms with Crippen LogP contribution < -0.4 is 0 Å². The van der Waals surface area contributed by atoms with Gasteiger partial charge in [-0.3, -0.25) is 0 Å². The number of pyridine rings is 1. The largest absolute Gasteiger partial charge is 0.465 e. The van der Waals surface area contributed by atoms with Crippen LogP contribution in [-0.4, -0.2) is 61.1 Å². The molecular weight excluding hydrogens is 486 g/mol. The van der Waals surface area contributed by atoms with Crippen LogP contribution in [0, 0.1) is 0 Å². The molecule has 0 unspecified atom stereocenters. The molecular formula is C27H23N7O4. The Morgan fingerprint density at radius 1 is 0.632 bits per heavy atom. The van der Waals surface area contributed by atoms with Gasteiger partial charge in [0, 0.05) is 0 Å². The maximum atomic E-state index is 11.6. The molecule has 2 aromatic carbocycles. The molecule has 11 heteroatoms. The molecule has 5 rings (SSSR count). The van der Waals surface area contributed by atoms with Crippen LogP contribution in [0.4, 0.5) is 0 Å². The Hall–Kier alpha value is -5.19. The second-order valence-corrected chi connectivity index (χ2v) is 8.39. The summed E-state index contributed by atoms with van der Waals surface area (Å²) in [5.41, 5.74) is 5.47. The third kappa shape index (κ3) is 5.46. The summed E-state index contributed by atoms with van der Waals surface area (Å²) in [4.78, 5) is 27.9. The fourth-order valence-electron chi connectivity index (χ4n) is 3.81. The minimum Gasteiger partial charge on any atom is -0.465 e. The molecule has 0 bridgehead atoms. The highest BCUT2D eigenvalue weighted by Gasteiger charge is 2.12. The van der Waals surface area contributed by atoms with Crippen LogP contribution in [0.2, 0.25) is 0 Å². The van der Waals surface area contributed by atoms with Crippen molar-refractivity contribution in [2.75, 3.05) is 14.2 Å². The second kappa shape index (κ2) is 10.8. The number of carbonyl (C=O) groups is 2. The summed E-state index contributed by atoms with van der Waals surface area (Å²) >= 11 is 0. The maximum absolute atomic E-state index is 11.6. The van der Waals surface area contributed by atoms with Crippen molar-refractivity contribution in [1.29, 1.82) is 0 Å². The van der Waals surface area contributed by atoms with Crippen molar-refractivity contribution < 1.29 is 19.1 Å². The summed E-state index contributed by atoms with van der Waals surface area (Å²) < 4.78 is 12.9. The summed E-state index contributed by atoms with van der Waals surface area (Å²) in [6.07, 6.45) is 3.63. The van der Waals surface area contributed by atoms with Crippen LogP contribution >= 0.6 is 0 Å². The van der Waals surface area contributed by atoms with E-state index in [2.05, 4.69) is 20.6 Å². The molecule has 3 heterocycles. The van der Waals surface area contributed by atoms with Gasteiger partial charge in [0.1, 0.15) is 11.4 Å². The van der Waals surface area contributed by atoms with Crippen molar-refractivity contribution in [1.82, 2.24) is 35.0 Å². The molecule has 0 saturated carbocycles. The molecule has 0 saturated heterocycles. The molecule has 5 aromatic rings. The van der Waals surface area contributed by atoms with E-state index in [0.717, 1.165) is 11.1 Å². The highest BCUT2D eigenvalue weighted by molar-refractivity contribution is 5.89. The lowest BCUT2D eigenvalue weighted by molar-refractivity contribution is 0.0592. The fourth-order valence-corrected chi connectivity index (χ4v) is 3.81. The van der Waals surface area contributed by atoms with E-state index in [0.29, 0.717) is 47.0 Å². The van der Waals surface area contributed by atoms with Gasteiger partial charge in [0.2, 0.25) is 0 Å². The Morgan fingerprint density at radius 2 is 1.05 bits per heavy atom. The first-order chi connectivity index (χ1) is 18.5. The SMILES string of the molecule is COC(=O)c1ccc(Cn2cc(-c3cccc(-c4cn(Cc5ccc(C(=O)OC)cc5)nn4)n3)nn2)cc1. The van der Waals surface area contributed by atoms with Gasteiger partial charge in [0.05, 0.1) is 62.2 Å². The first-order valence-corrected chi connectivity index (χ1v) is 11.6. The number of rotatable bonds is 8. The zero-order chi connectivity index (χ0) is 26.5. The van der Waals surface area contributed by atoms with Gasteiger partial charge in [-0.25, -0.2) is 23.9 Å². The number of hydrogen-bond donors (Lipinski definition) is 0. The van der Waals surface area contributed by atoms with E-state index in [1.807, 2.05) is 54.9 Å². The normalized spacial score (nSPS) is 10.8. The molecule has 3 aromatic heterocycles. The van der Waals surface area contributed by atoms with E-state index in [-0.39, 0.29) is 11.9 Å². The maximum Gasteiger partial charge on any atom is 0.337 e. The molecule has 0 aliphatic rings. The van der Waals surface area contributed by atoms with E-state index in [1.165, 1.54) is 14.2 Å². The van der Waals surface area contributed by atoms with Crippen LogP contribution in [0.1, 0.15) is 31.8 Å². The van der Waals surface area contributed by atoms with Gasteiger partial charge in [0.25, 0.3) is 0 Å². The summed E-state index contributed by atoms with van der Waals surface area (Å²) in [5.74, 6) is -0.750. The van der Waals surface area contributed by atoms with Gasteiger partial charge in [-0.05, 0) is 47.5 Å². The Labute approximate surface area is 217 Å². The molecule has 0 aliphatic heterocycles. The summed E-state index contributed by atoms with van der Waals surface area (Å²) in [6, 6.07) is 19.9. The molecule has 0 fully saturated rings. The minimum atomic E-state index is -0.375. The Bertz CT molecular complexity index is 1460. The number of esters is 2. The van der Waals surface area contributed by atoms with Crippen LogP contribution in [-0.2, 0) is 22.6 Å². The van der Waals surface area contributed by atoms with Crippen molar-refractivity contribution in [3.63, 3.8) is 0 Å². The summed E-state index contributed by atoms with van der Waals surface area (Å²) in [7, 11) is 2.71. The first kappa shape index (κ1) is 24.5. The van der Waals surface area contributed by atoms with Crippen molar-refractivity contribution in [3.05, 3.63) is 101 Å². The number of ether oxygens (including phenoxy) is 2. The second-order valence-electron chi connectivity index (χ2n) is 8.39. The molecule has 38 heavy (non-hydrogen) atoms. The summed E-state index contributed by atoms with van der Waals surface area (Å²) in [6.45, 7) is 0.978. The van der Waals surface area contributed by atoms with Gasteiger partial charge < -0.3 is 9.47 Å². The lowest BCUT2D eigenvalue weighted by Crippen LogP contribution is -2.03. The number of benzene rings is 2. The van der Waals surface area contributed by atoms with E-state index in [1.54, 1.807) is 33.6 Å². The topological polar surface area (TPSA) is 127 Å². The third-order valence-corrected chi connectivity index (χ3v) is 5.79. The quantitative estimate of drug-likeness (QED) is 0.290. The Balaban J connectivity index is 1.27. The number of aromatic nitrogens is 7. The van der Waals surface area contributed by atoms with Crippen molar-refractivity contribution in [3.8, 4) is 22.8 Å². The molecule has 0 spiro atoms. The molecule has 0 radical (unpaired) electrons. The van der Waals surface area contributed by atoms with Gasteiger partial charge in [-0.2, -0.15) is 0 Å². The van der Waals surface area contributed by atoms with Crippen molar-refractivity contribution >= 4 is 11.9 Å². The molecule has 0 aliphatic carbocycles. The zero-order valence-electron chi connectivity index (χ0n) is 20.7. The van der Waals surface area contributed by atoms with E-state index in [9.17, 15) is 9.59 Å². The Morgan fingerprint density at radius 3 is 1.45 bits per heavy atom.